The Kier molecular flexibility index (Phi) is 5.30. The maximum Gasteiger partial charge on any atom is 0.446 e. The molecule has 1 saturated heterocycles. The van der Waals surface area contributed by atoms with Gasteiger partial charge in [-0.05, 0) is 23.9 Å². The molecule has 1 aromatic rings. The molecule has 9 heteroatoms. The van der Waals surface area contributed by atoms with E-state index in [9.17, 15) is 27.6 Å². The van der Waals surface area contributed by atoms with Gasteiger partial charge < -0.3 is 5.32 Å². The Morgan fingerprint density at radius 2 is 1.78 bits per heavy atom. The van der Waals surface area contributed by atoms with E-state index in [0.29, 0.717) is 0 Å². The molecule has 3 amide bonds. The molecule has 1 fully saturated rings. The number of likely N-dealkylation sites (tertiary alicyclic amines) is 1. The number of amides is 3. The van der Waals surface area contributed by atoms with E-state index in [1.807, 2.05) is 0 Å². The van der Waals surface area contributed by atoms with E-state index < -0.39 is 11.4 Å². The van der Waals surface area contributed by atoms with Gasteiger partial charge in [-0.3, -0.25) is 19.3 Å². The number of benzene rings is 1. The number of carbonyl (C=O) groups is 3. The van der Waals surface area contributed by atoms with Crippen molar-refractivity contribution >= 4 is 35.2 Å². The Labute approximate surface area is 134 Å². The van der Waals surface area contributed by atoms with Crippen LogP contribution < -0.4 is 5.32 Å². The van der Waals surface area contributed by atoms with Crippen molar-refractivity contribution in [2.24, 2.45) is 0 Å². The zero-order valence-corrected chi connectivity index (χ0v) is 12.7. The van der Waals surface area contributed by atoms with Crippen molar-refractivity contribution < 1.29 is 27.6 Å². The molecule has 1 heterocycles. The molecular formula is C14H13F3N2O3S. The van der Waals surface area contributed by atoms with Gasteiger partial charge in [0, 0.05) is 30.7 Å². The lowest BCUT2D eigenvalue weighted by Gasteiger charge is -2.15. The third-order valence-corrected chi connectivity index (χ3v) is 3.91. The zero-order valence-electron chi connectivity index (χ0n) is 11.9. The summed E-state index contributed by atoms with van der Waals surface area (Å²) in [5.41, 5.74) is -4.42. The highest BCUT2D eigenvalue weighted by molar-refractivity contribution is 8.00. The number of halogens is 3. The molecule has 0 spiro atoms. The van der Waals surface area contributed by atoms with Gasteiger partial charge in [-0.2, -0.15) is 13.2 Å². The van der Waals surface area contributed by atoms with Gasteiger partial charge >= 0.3 is 5.51 Å². The van der Waals surface area contributed by atoms with Crippen molar-refractivity contribution in [1.29, 1.82) is 0 Å². The van der Waals surface area contributed by atoms with Gasteiger partial charge in [-0.25, -0.2) is 0 Å². The highest BCUT2D eigenvalue weighted by Crippen LogP contribution is 2.40. The smallest absolute Gasteiger partial charge is 0.325 e. The molecule has 0 aromatic heterocycles. The summed E-state index contributed by atoms with van der Waals surface area (Å²) in [5.74, 6) is -1.24. The average Bonchev–Trinajstić information content (AvgIpc) is 2.76. The van der Waals surface area contributed by atoms with Crippen LogP contribution in [0.5, 0.6) is 0 Å². The van der Waals surface area contributed by atoms with E-state index in [0.717, 1.165) is 4.90 Å². The Morgan fingerprint density at radius 1 is 1.17 bits per heavy atom. The fraction of sp³-hybridized carbons (Fsp3) is 0.357. The molecule has 0 atom stereocenters. The van der Waals surface area contributed by atoms with Crippen molar-refractivity contribution in [3.05, 3.63) is 24.3 Å². The quantitative estimate of drug-likeness (QED) is 0.658. The number of hydrogen-bond acceptors (Lipinski definition) is 4. The molecule has 0 radical (unpaired) electrons. The number of thioether (sulfide) groups is 1. The number of nitrogens with zero attached hydrogens (tertiary/aromatic N) is 1. The van der Waals surface area contributed by atoms with Crippen LogP contribution in [0, 0.1) is 0 Å². The van der Waals surface area contributed by atoms with Crippen LogP contribution in [0.15, 0.2) is 29.2 Å². The number of nitrogens with one attached hydrogen (secondary N) is 1. The highest BCUT2D eigenvalue weighted by atomic mass is 32.2. The van der Waals surface area contributed by atoms with E-state index in [1.165, 1.54) is 24.3 Å². The fourth-order valence-electron chi connectivity index (χ4n) is 2.08. The molecule has 1 aliphatic heterocycles. The minimum Gasteiger partial charge on any atom is -0.325 e. The van der Waals surface area contributed by atoms with Gasteiger partial charge in [0.25, 0.3) is 0 Å². The van der Waals surface area contributed by atoms with Crippen LogP contribution in [0.2, 0.25) is 0 Å². The topological polar surface area (TPSA) is 66.5 Å². The Balaban J connectivity index is 1.95. The molecule has 5 nitrogen and oxygen atoms in total. The number of hydrogen-bond donors (Lipinski definition) is 1. The maximum atomic E-state index is 12.5. The molecule has 1 aromatic carbocycles. The molecule has 124 valence electrons. The first kappa shape index (κ1) is 17.3. The number of carbonyl (C=O) groups excluding carboxylic acids is 3. The van der Waals surface area contributed by atoms with Gasteiger partial charge in [0.15, 0.2) is 0 Å². The average molecular weight is 346 g/mol. The van der Waals surface area contributed by atoms with Crippen LogP contribution in [0.4, 0.5) is 18.9 Å². The van der Waals surface area contributed by atoms with Gasteiger partial charge in [0.2, 0.25) is 17.7 Å². The van der Waals surface area contributed by atoms with E-state index >= 15 is 0 Å². The van der Waals surface area contributed by atoms with Crippen molar-refractivity contribution in [2.45, 2.75) is 29.7 Å². The maximum absolute atomic E-state index is 12.5. The summed E-state index contributed by atoms with van der Waals surface area (Å²) in [4.78, 5) is 35.5. The number of alkyl halides is 3. The summed E-state index contributed by atoms with van der Waals surface area (Å²) in [6.45, 7) is -0.0713. The van der Waals surface area contributed by atoms with Crippen molar-refractivity contribution in [1.82, 2.24) is 4.90 Å². The van der Waals surface area contributed by atoms with Crippen LogP contribution in [-0.2, 0) is 14.4 Å². The first-order chi connectivity index (χ1) is 10.8. The summed E-state index contributed by atoms with van der Waals surface area (Å²) in [6.07, 6.45) is 0.0967. The van der Waals surface area contributed by atoms with E-state index in [4.69, 9.17) is 0 Å². The second kappa shape index (κ2) is 7.03. The molecule has 1 aliphatic rings. The lowest BCUT2D eigenvalue weighted by molar-refractivity contribution is -0.138. The molecule has 0 unspecified atom stereocenters. The first-order valence-electron chi connectivity index (χ1n) is 6.74. The fourth-order valence-corrected chi connectivity index (χ4v) is 2.71. The standard InChI is InChI=1S/C14H13F3N2O3S/c15-14(16,17)23-10-4-2-1-3-9(10)18-11(20)7-8-19-12(21)5-6-13(19)22/h1-4H,5-8H2,(H,18,20). The summed E-state index contributed by atoms with van der Waals surface area (Å²) in [6, 6.07) is 5.55. The van der Waals surface area contributed by atoms with E-state index in [2.05, 4.69) is 5.32 Å². The second-order valence-electron chi connectivity index (χ2n) is 4.78. The van der Waals surface area contributed by atoms with Crippen molar-refractivity contribution in [3.8, 4) is 0 Å². The number of imide groups is 1. The molecule has 1 N–H and O–H groups in total. The normalized spacial score (nSPS) is 15.2. The first-order valence-corrected chi connectivity index (χ1v) is 7.56. The van der Waals surface area contributed by atoms with Gasteiger partial charge in [0.05, 0.1) is 5.69 Å². The number of anilines is 1. The molecule has 0 aliphatic carbocycles. The third kappa shape index (κ3) is 4.98. The molecule has 0 saturated carbocycles. The second-order valence-corrected chi connectivity index (χ2v) is 5.89. The molecule has 23 heavy (non-hydrogen) atoms. The monoisotopic (exact) mass is 346 g/mol. The van der Waals surface area contributed by atoms with Crippen molar-refractivity contribution in [3.63, 3.8) is 0 Å². The minimum atomic E-state index is -4.46. The lowest BCUT2D eigenvalue weighted by Crippen LogP contribution is -2.32. The molecule has 2 rings (SSSR count). The van der Waals surface area contributed by atoms with Crippen LogP contribution in [0.25, 0.3) is 0 Å². The highest BCUT2D eigenvalue weighted by Gasteiger charge is 2.31. The molecule has 0 bridgehead atoms. The number of para-hydroxylation sites is 1. The SMILES string of the molecule is O=C(CCN1C(=O)CCC1=O)Nc1ccccc1SC(F)(F)F. The lowest BCUT2D eigenvalue weighted by atomic mass is 10.3. The summed E-state index contributed by atoms with van der Waals surface area (Å²) in [7, 11) is 0. The van der Waals surface area contributed by atoms with Crippen LogP contribution in [0.3, 0.4) is 0 Å². The number of rotatable bonds is 5. The summed E-state index contributed by atoms with van der Waals surface area (Å²) >= 11 is -0.320. The largest absolute Gasteiger partial charge is 0.446 e. The third-order valence-electron chi connectivity index (χ3n) is 3.10. The van der Waals surface area contributed by atoms with Gasteiger partial charge in [-0.1, -0.05) is 12.1 Å². The van der Waals surface area contributed by atoms with Gasteiger partial charge in [0.1, 0.15) is 0 Å². The Morgan fingerprint density at radius 3 is 2.39 bits per heavy atom. The van der Waals surface area contributed by atoms with E-state index in [1.54, 1.807) is 0 Å². The van der Waals surface area contributed by atoms with Crippen molar-refractivity contribution in [2.75, 3.05) is 11.9 Å². The Hall–Kier alpha value is -2.03. The summed E-state index contributed by atoms with van der Waals surface area (Å²) < 4.78 is 37.4. The summed E-state index contributed by atoms with van der Waals surface area (Å²) in [5, 5.41) is 2.38. The molecular weight excluding hydrogens is 333 g/mol. The van der Waals surface area contributed by atoms with Gasteiger partial charge in [-0.15, -0.1) is 0 Å². The minimum absolute atomic E-state index is 0.0406. The van der Waals surface area contributed by atoms with Crippen LogP contribution >= 0.6 is 11.8 Å². The van der Waals surface area contributed by atoms with E-state index in [-0.39, 0.29) is 60.0 Å². The van der Waals surface area contributed by atoms with Crippen LogP contribution in [0.1, 0.15) is 19.3 Å². The van der Waals surface area contributed by atoms with Crippen LogP contribution in [-0.4, -0.2) is 34.7 Å². The predicted molar refractivity (Wildman–Crippen MR) is 77.6 cm³/mol. The predicted octanol–water partition coefficient (Wildman–Crippen LogP) is 2.78. The zero-order chi connectivity index (χ0) is 17.0. The Bertz CT molecular complexity index is 618.